The minimum absolute atomic E-state index is 0.0284. The maximum atomic E-state index is 12.4. The van der Waals surface area contributed by atoms with Crippen molar-refractivity contribution >= 4 is 23.8 Å². The number of alkyl halides is 2. The van der Waals surface area contributed by atoms with Crippen LogP contribution in [0.4, 0.5) is 14.5 Å². The molecule has 1 aromatic rings. The van der Waals surface area contributed by atoms with Crippen molar-refractivity contribution in [3.05, 3.63) is 29.8 Å². The molecule has 0 heterocycles. The van der Waals surface area contributed by atoms with Crippen molar-refractivity contribution in [1.82, 2.24) is 0 Å². The van der Waals surface area contributed by atoms with Gasteiger partial charge in [-0.3, -0.25) is 9.59 Å². The van der Waals surface area contributed by atoms with Crippen LogP contribution in [0.2, 0.25) is 0 Å². The zero-order valence-corrected chi connectivity index (χ0v) is 12.5. The number of anilines is 1. The second-order valence-corrected chi connectivity index (χ2v) is 4.63. The van der Waals surface area contributed by atoms with E-state index < -0.39 is 30.6 Å². The topological polar surface area (TPSA) is 88.0 Å². The number of esters is 1. The molecule has 0 saturated carbocycles. The minimum atomic E-state index is -2.50. The summed E-state index contributed by atoms with van der Waals surface area (Å²) in [6.45, 7) is 1.81. The fourth-order valence-corrected chi connectivity index (χ4v) is 1.98. The lowest BCUT2D eigenvalue weighted by atomic mass is 9.94. The van der Waals surface area contributed by atoms with E-state index in [1.165, 1.54) is 12.1 Å². The number of amides is 1. The molecule has 6 nitrogen and oxygen atoms in total. The van der Waals surface area contributed by atoms with Crippen molar-refractivity contribution in [3.63, 3.8) is 0 Å². The predicted octanol–water partition coefficient (Wildman–Crippen LogP) is 2.78. The Kier molecular flexibility index (Phi) is 7.65. The summed E-state index contributed by atoms with van der Waals surface area (Å²) >= 11 is 0. The predicted molar refractivity (Wildman–Crippen MR) is 80.0 cm³/mol. The Morgan fingerprint density at radius 1 is 1.30 bits per heavy atom. The molecule has 0 bridgehead atoms. The van der Waals surface area contributed by atoms with Gasteiger partial charge in [0.05, 0.1) is 12.5 Å². The van der Waals surface area contributed by atoms with Crippen LogP contribution in [-0.2, 0) is 14.3 Å². The molecule has 1 atom stereocenters. The summed E-state index contributed by atoms with van der Waals surface area (Å²) in [6.07, 6.45) is -2.24. The van der Waals surface area contributed by atoms with E-state index in [0.29, 0.717) is 17.5 Å². The van der Waals surface area contributed by atoms with E-state index in [1.54, 1.807) is 19.1 Å². The van der Waals surface area contributed by atoms with Crippen LogP contribution in [0.1, 0.15) is 31.2 Å². The third kappa shape index (κ3) is 6.41. The highest BCUT2D eigenvalue weighted by Crippen LogP contribution is 2.26. The maximum absolute atomic E-state index is 12.4. The number of carbonyl (C=O) groups is 2. The van der Waals surface area contributed by atoms with E-state index >= 15 is 0 Å². The van der Waals surface area contributed by atoms with Crippen LogP contribution >= 0.6 is 0 Å². The van der Waals surface area contributed by atoms with E-state index in [2.05, 4.69) is 10.5 Å². The van der Waals surface area contributed by atoms with Gasteiger partial charge in [-0.05, 0) is 31.0 Å². The Bertz CT molecular complexity index is 547. The SMILES string of the molecule is CCOC(=O)C(CCC(F)F)c1ccc(NC(=O)C=NO)cc1. The molecular formula is C15H18F2N2O4. The third-order valence-electron chi connectivity index (χ3n) is 3.00. The van der Waals surface area contributed by atoms with Gasteiger partial charge in [0.2, 0.25) is 6.43 Å². The number of halogens is 2. The largest absolute Gasteiger partial charge is 0.466 e. The zero-order chi connectivity index (χ0) is 17.2. The fraction of sp³-hybridized carbons (Fsp3) is 0.400. The average Bonchev–Trinajstić information content (AvgIpc) is 2.49. The average molecular weight is 328 g/mol. The second kappa shape index (κ2) is 9.50. The molecule has 0 aliphatic rings. The molecule has 1 aromatic carbocycles. The van der Waals surface area contributed by atoms with E-state index in [9.17, 15) is 18.4 Å². The molecule has 2 N–H and O–H groups in total. The van der Waals surface area contributed by atoms with Gasteiger partial charge in [-0.25, -0.2) is 8.78 Å². The molecule has 8 heteroatoms. The summed E-state index contributed by atoms with van der Waals surface area (Å²) in [4.78, 5) is 23.1. The zero-order valence-electron chi connectivity index (χ0n) is 12.5. The second-order valence-electron chi connectivity index (χ2n) is 4.63. The molecule has 1 amide bonds. The monoisotopic (exact) mass is 328 g/mol. The van der Waals surface area contributed by atoms with Gasteiger partial charge in [0.1, 0.15) is 6.21 Å². The molecule has 0 aromatic heterocycles. The van der Waals surface area contributed by atoms with Gasteiger partial charge < -0.3 is 15.3 Å². The van der Waals surface area contributed by atoms with Crippen molar-refractivity contribution in [3.8, 4) is 0 Å². The highest BCUT2D eigenvalue weighted by Gasteiger charge is 2.23. The Hall–Kier alpha value is -2.51. The van der Waals surface area contributed by atoms with Crippen LogP contribution in [0.5, 0.6) is 0 Å². The first-order valence-corrected chi connectivity index (χ1v) is 7.01. The minimum Gasteiger partial charge on any atom is -0.466 e. The van der Waals surface area contributed by atoms with Crippen LogP contribution in [-0.4, -0.2) is 36.3 Å². The molecule has 23 heavy (non-hydrogen) atoms. The summed E-state index contributed by atoms with van der Waals surface area (Å²) in [7, 11) is 0. The highest BCUT2D eigenvalue weighted by molar-refractivity contribution is 6.31. The lowest BCUT2D eigenvalue weighted by Crippen LogP contribution is -2.17. The Morgan fingerprint density at radius 3 is 2.48 bits per heavy atom. The molecule has 0 spiro atoms. The molecule has 0 aliphatic carbocycles. The smallest absolute Gasteiger partial charge is 0.313 e. The number of oxime groups is 1. The number of hydrogen-bond donors (Lipinski definition) is 2. The Balaban J connectivity index is 2.85. The molecule has 0 radical (unpaired) electrons. The van der Waals surface area contributed by atoms with E-state index in [0.717, 1.165) is 0 Å². The van der Waals surface area contributed by atoms with Crippen molar-refractivity contribution in [2.45, 2.75) is 32.1 Å². The number of nitrogens with one attached hydrogen (secondary N) is 1. The first-order valence-electron chi connectivity index (χ1n) is 7.01. The molecule has 0 saturated heterocycles. The van der Waals surface area contributed by atoms with Crippen LogP contribution in [0.3, 0.4) is 0 Å². The summed E-state index contributed by atoms with van der Waals surface area (Å²) in [5.41, 5.74) is 0.938. The summed E-state index contributed by atoms with van der Waals surface area (Å²) in [6, 6.07) is 6.15. The number of hydrogen-bond acceptors (Lipinski definition) is 5. The lowest BCUT2D eigenvalue weighted by molar-refractivity contribution is -0.145. The third-order valence-corrected chi connectivity index (χ3v) is 3.00. The summed E-state index contributed by atoms with van der Waals surface area (Å²) in [5.74, 6) is -1.97. The molecule has 1 rings (SSSR count). The van der Waals surface area contributed by atoms with Gasteiger partial charge in [0, 0.05) is 12.1 Å². The van der Waals surface area contributed by atoms with Gasteiger partial charge in [-0.2, -0.15) is 0 Å². The lowest BCUT2D eigenvalue weighted by Gasteiger charge is -2.16. The summed E-state index contributed by atoms with van der Waals surface area (Å²) in [5, 5.41) is 13.3. The summed E-state index contributed by atoms with van der Waals surface area (Å²) < 4.78 is 29.7. The van der Waals surface area contributed by atoms with Gasteiger partial charge >= 0.3 is 5.97 Å². The van der Waals surface area contributed by atoms with E-state index in [4.69, 9.17) is 9.94 Å². The normalized spacial score (nSPS) is 12.3. The van der Waals surface area contributed by atoms with E-state index in [-0.39, 0.29) is 13.0 Å². The van der Waals surface area contributed by atoms with E-state index in [1.807, 2.05) is 0 Å². The molecular weight excluding hydrogens is 310 g/mol. The first kappa shape index (κ1) is 18.5. The van der Waals surface area contributed by atoms with Gasteiger partial charge in [-0.1, -0.05) is 17.3 Å². The maximum Gasteiger partial charge on any atom is 0.313 e. The Morgan fingerprint density at radius 2 is 1.96 bits per heavy atom. The highest BCUT2D eigenvalue weighted by atomic mass is 19.3. The number of benzene rings is 1. The first-order chi connectivity index (χ1) is 11.0. The van der Waals surface area contributed by atoms with Crippen molar-refractivity contribution in [1.29, 1.82) is 0 Å². The van der Waals surface area contributed by atoms with Gasteiger partial charge in [-0.15, -0.1) is 0 Å². The number of ether oxygens (including phenoxy) is 1. The Labute approximate surface area is 132 Å². The van der Waals surface area contributed by atoms with Crippen molar-refractivity contribution in [2.24, 2.45) is 5.16 Å². The number of rotatable bonds is 8. The van der Waals surface area contributed by atoms with Crippen molar-refractivity contribution < 1.29 is 28.3 Å². The number of carbonyl (C=O) groups excluding carboxylic acids is 2. The fourth-order valence-electron chi connectivity index (χ4n) is 1.98. The quantitative estimate of drug-likeness (QED) is 0.332. The van der Waals surface area contributed by atoms with Gasteiger partial charge in [0.15, 0.2) is 0 Å². The number of nitrogens with zero attached hydrogens (tertiary/aromatic N) is 1. The van der Waals surface area contributed by atoms with Crippen LogP contribution in [0.15, 0.2) is 29.4 Å². The van der Waals surface area contributed by atoms with Crippen LogP contribution < -0.4 is 5.32 Å². The molecule has 1 unspecified atom stereocenters. The van der Waals surface area contributed by atoms with Crippen molar-refractivity contribution in [2.75, 3.05) is 11.9 Å². The van der Waals surface area contributed by atoms with Crippen LogP contribution in [0, 0.1) is 0 Å². The standard InChI is InChI=1S/C15H18F2N2O4/c1-2-23-15(21)12(7-8-13(16)17)10-3-5-11(6-4-10)19-14(20)9-18-22/h3-6,9,12-13,22H,2,7-8H2,1H3,(H,19,20). The molecule has 0 aliphatic heterocycles. The van der Waals surface area contributed by atoms with Crippen LogP contribution in [0.25, 0.3) is 0 Å². The molecule has 126 valence electrons. The molecule has 0 fully saturated rings. The van der Waals surface area contributed by atoms with Gasteiger partial charge in [0.25, 0.3) is 5.91 Å².